The molecule has 0 saturated heterocycles. The van der Waals surface area contributed by atoms with Gasteiger partial charge in [0.2, 0.25) is 0 Å². The maximum Gasteiger partial charge on any atom is 0.177 e. The zero-order valence-corrected chi connectivity index (χ0v) is 9.91. The van der Waals surface area contributed by atoms with Gasteiger partial charge in [0.05, 0.1) is 6.54 Å². The van der Waals surface area contributed by atoms with Gasteiger partial charge < -0.3 is 10.3 Å². The number of nitrogens with zero attached hydrogens (tertiary/aromatic N) is 1. The van der Waals surface area contributed by atoms with Crippen molar-refractivity contribution < 1.29 is 4.79 Å². The summed E-state index contributed by atoms with van der Waals surface area (Å²) in [5.74, 6) is -0.0509. The van der Waals surface area contributed by atoms with E-state index in [4.69, 9.17) is 5.73 Å². The largest absolute Gasteiger partial charge is 0.351 e. The van der Waals surface area contributed by atoms with E-state index in [0.29, 0.717) is 5.56 Å². The molecule has 1 aromatic carbocycles. The van der Waals surface area contributed by atoms with Crippen LogP contribution in [-0.4, -0.2) is 16.9 Å². The standard InChI is InChI=1S/C11H11BrN2O/c1-14-3-2-7-4-9(12)8(5-10(7)14)11(15)6-13/h2-5H,6,13H2,1H3. The van der Waals surface area contributed by atoms with Crippen molar-refractivity contribution in [1.29, 1.82) is 0 Å². The maximum absolute atomic E-state index is 11.5. The Kier molecular flexibility index (Phi) is 2.63. The average molecular weight is 267 g/mol. The Labute approximate surface area is 96.0 Å². The van der Waals surface area contributed by atoms with E-state index in [-0.39, 0.29) is 12.3 Å². The fourth-order valence-corrected chi connectivity index (χ4v) is 2.19. The van der Waals surface area contributed by atoms with Crippen molar-refractivity contribution >= 4 is 32.6 Å². The van der Waals surface area contributed by atoms with Gasteiger partial charge in [0, 0.05) is 34.2 Å². The van der Waals surface area contributed by atoms with Crippen molar-refractivity contribution in [3.05, 3.63) is 34.4 Å². The van der Waals surface area contributed by atoms with Gasteiger partial charge >= 0.3 is 0 Å². The van der Waals surface area contributed by atoms with Gasteiger partial charge in [0.25, 0.3) is 0 Å². The summed E-state index contributed by atoms with van der Waals surface area (Å²) < 4.78 is 2.78. The van der Waals surface area contributed by atoms with Crippen LogP contribution in [0.5, 0.6) is 0 Å². The van der Waals surface area contributed by atoms with Crippen LogP contribution in [0.3, 0.4) is 0 Å². The number of nitrogens with two attached hydrogens (primary N) is 1. The highest BCUT2D eigenvalue weighted by Gasteiger charge is 2.10. The highest BCUT2D eigenvalue weighted by atomic mass is 79.9. The number of benzene rings is 1. The molecule has 0 radical (unpaired) electrons. The molecule has 0 saturated carbocycles. The van der Waals surface area contributed by atoms with Gasteiger partial charge in [-0.1, -0.05) is 15.9 Å². The fraction of sp³-hybridized carbons (Fsp3) is 0.182. The minimum Gasteiger partial charge on any atom is -0.351 e. The molecule has 15 heavy (non-hydrogen) atoms. The summed E-state index contributed by atoms with van der Waals surface area (Å²) in [6, 6.07) is 5.82. The lowest BCUT2D eigenvalue weighted by Gasteiger charge is -2.04. The summed E-state index contributed by atoms with van der Waals surface area (Å²) in [4.78, 5) is 11.5. The number of fused-ring (bicyclic) bond motifs is 1. The Balaban J connectivity index is 2.70. The number of carbonyl (C=O) groups excluding carboxylic acids is 1. The number of Topliss-reactive ketones (excluding diaryl/α,β-unsaturated/α-hetero) is 1. The molecule has 0 atom stereocenters. The van der Waals surface area contributed by atoms with E-state index in [9.17, 15) is 4.79 Å². The summed E-state index contributed by atoms with van der Waals surface area (Å²) in [6.45, 7) is 0.0362. The first kappa shape index (κ1) is 10.4. The van der Waals surface area contributed by atoms with E-state index in [1.54, 1.807) is 0 Å². The lowest BCUT2D eigenvalue weighted by molar-refractivity contribution is 0.100. The predicted molar refractivity (Wildman–Crippen MR) is 64.0 cm³/mol. The normalized spacial score (nSPS) is 10.9. The third-order valence-corrected chi connectivity index (χ3v) is 3.12. The van der Waals surface area contributed by atoms with Gasteiger partial charge in [-0.3, -0.25) is 4.79 Å². The average Bonchev–Trinajstić information content (AvgIpc) is 2.58. The van der Waals surface area contributed by atoms with E-state index < -0.39 is 0 Å². The van der Waals surface area contributed by atoms with E-state index >= 15 is 0 Å². The third-order valence-electron chi connectivity index (χ3n) is 2.46. The Morgan fingerprint density at radius 2 is 2.27 bits per heavy atom. The Bertz CT molecular complexity index is 531. The van der Waals surface area contributed by atoms with Crippen molar-refractivity contribution in [1.82, 2.24) is 4.57 Å². The van der Waals surface area contributed by atoms with Gasteiger partial charge in [0.1, 0.15) is 0 Å². The lowest BCUT2D eigenvalue weighted by Crippen LogP contribution is -2.14. The third kappa shape index (κ3) is 1.70. The van der Waals surface area contributed by atoms with Crippen molar-refractivity contribution in [3.63, 3.8) is 0 Å². The van der Waals surface area contributed by atoms with Crippen LogP contribution >= 0.6 is 15.9 Å². The number of rotatable bonds is 2. The summed E-state index contributed by atoms with van der Waals surface area (Å²) in [5, 5.41) is 1.11. The Morgan fingerprint density at radius 3 is 2.93 bits per heavy atom. The van der Waals surface area contributed by atoms with Crippen LogP contribution in [-0.2, 0) is 7.05 Å². The van der Waals surface area contributed by atoms with Crippen LogP contribution in [0, 0.1) is 0 Å². The molecule has 78 valence electrons. The molecule has 2 N–H and O–H groups in total. The van der Waals surface area contributed by atoms with Crippen LogP contribution in [0.15, 0.2) is 28.9 Å². The van der Waals surface area contributed by atoms with Crippen LogP contribution in [0.1, 0.15) is 10.4 Å². The van der Waals surface area contributed by atoms with Crippen LogP contribution in [0.4, 0.5) is 0 Å². The van der Waals surface area contributed by atoms with Gasteiger partial charge in [-0.2, -0.15) is 0 Å². The molecular weight excluding hydrogens is 256 g/mol. The van der Waals surface area contributed by atoms with Crippen LogP contribution in [0.2, 0.25) is 0 Å². The van der Waals surface area contributed by atoms with Gasteiger partial charge in [-0.05, 0) is 18.2 Å². The second-order valence-electron chi connectivity index (χ2n) is 3.44. The highest BCUT2D eigenvalue weighted by Crippen LogP contribution is 2.25. The maximum atomic E-state index is 11.5. The number of hydrogen-bond acceptors (Lipinski definition) is 2. The smallest absolute Gasteiger partial charge is 0.177 e. The molecule has 0 aliphatic rings. The molecule has 1 heterocycles. The molecule has 3 nitrogen and oxygen atoms in total. The second kappa shape index (κ2) is 3.79. The SMILES string of the molecule is Cn1ccc2cc(Br)c(C(=O)CN)cc21. The van der Waals surface area contributed by atoms with Crippen molar-refractivity contribution in [2.24, 2.45) is 12.8 Å². The second-order valence-corrected chi connectivity index (χ2v) is 4.30. The monoisotopic (exact) mass is 266 g/mol. The quantitative estimate of drug-likeness (QED) is 0.847. The van der Waals surface area contributed by atoms with Crippen molar-refractivity contribution in [3.8, 4) is 0 Å². The minimum atomic E-state index is -0.0509. The topological polar surface area (TPSA) is 48.0 Å². The first-order chi connectivity index (χ1) is 7.13. The first-order valence-electron chi connectivity index (χ1n) is 4.61. The molecule has 0 amide bonds. The minimum absolute atomic E-state index is 0.0362. The zero-order valence-electron chi connectivity index (χ0n) is 8.33. The molecule has 2 aromatic rings. The van der Waals surface area contributed by atoms with Gasteiger partial charge in [-0.25, -0.2) is 0 Å². The van der Waals surface area contributed by atoms with Crippen molar-refractivity contribution in [2.75, 3.05) is 6.54 Å². The van der Waals surface area contributed by atoms with Gasteiger partial charge in [0.15, 0.2) is 5.78 Å². The molecule has 0 bridgehead atoms. The molecule has 0 aliphatic heterocycles. The molecule has 0 spiro atoms. The number of carbonyl (C=O) groups is 1. The first-order valence-corrected chi connectivity index (χ1v) is 5.40. The van der Waals surface area contributed by atoms with Crippen LogP contribution < -0.4 is 5.73 Å². The van der Waals surface area contributed by atoms with E-state index in [1.807, 2.05) is 36.0 Å². The number of aromatic nitrogens is 1. The molecular formula is C11H11BrN2O. The zero-order chi connectivity index (χ0) is 11.0. The van der Waals surface area contributed by atoms with Crippen molar-refractivity contribution in [2.45, 2.75) is 0 Å². The Morgan fingerprint density at radius 1 is 1.53 bits per heavy atom. The molecule has 0 unspecified atom stereocenters. The number of ketones is 1. The van der Waals surface area contributed by atoms with Crippen LogP contribution in [0.25, 0.3) is 10.9 Å². The molecule has 1 aromatic heterocycles. The lowest BCUT2D eigenvalue weighted by atomic mass is 10.1. The Hall–Kier alpha value is -1.13. The molecule has 4 heteroatoms. The fourth-order valence-electron chi connectivity index (χ4n) is 1.61. The van der Waals surface area contributed by atoms with E-state index in [2.05, 4.69) is 15.9 Å². The molecule has 2 rings (SSSR count). The summed E-state index contributed by atoms with van der Waals surface area (Å²) in [7, 11) is 1.95. The predicted octanol–water partition coefficient (Wildman–Crippen LogP) is 2.08. The number of aryl methyl sites for hydroxylation is 1. The van der Waals surface area contributed by atoms with Gasteiger partial charge in [-0.15, -0.1) is 0 Å². The van der Waals surface area contributed by atoms with E-state index in [1.165, 1.54) is 0 Å². The molecule has 0 aliphatic carbocycles. The van der Waals surface area contributed by atoms with E-state index in [0.717, 1.165) is 15.4 Å². The highest BCUT2D eigenvalue weighted by molar-refractivity contribution is 9.10. The number of halogens is 1. The summed E-state index contributed by atoms with van der Waals surface area (Å²) in [6.07, 6.45) is 1.97. The summed E-state index contributed by atoms with van der Waals surface area (Å²) in [5.41, 5.74) is 7.04. The number of hydrogen-bond donors (Lipinski definition) is 1. The summed E-state index contributed by atoms with van der Waals surface area (Å²) >= 11 is 3.38. The molecule has 0 fully saturated rings.